The van der Waals surface area contributed by atoms with Crippen molar-refractivity contribution in [3.05, 3.63) is 53.9 Å². The number of aryl methyl sites for hydroxylation is 1. The van der Waals surface area contributed by atoms with Gasteiger partial charge in [0.25, 0.3) is 5.91 Å². The average molecular weight is 405 g/mol. The Bertz CT molecular complexity index is 1000. The monoisotopic (exact) mass is 405 g/mol. The number of carbonyl (C=O) groups is 1. The third kappa shape index (κ3) is 3.87. The normalized spacial score (nSPS) is 15.7. The molecule has 1 aromatic carbocycles. The van der Waals surface area contributed by atoms with Crippen LogP contribution in [-0.4, -0.2) is 43.9 Å². The van der Waals surface area contributed by atoms with Gasteiger partial charge in [-0.25, -0.2) is 0 Å². The lowest BCUT2D eigenvalue weighted by molar-refractivity contribution is -0.157. The minimum absolute atomic E-state index is 0.0312. The second kappa shape index (κ2) is 7.34. The highest BCUT2D eigenvalue weighted by atomic mass is 19.4. The SMILES string of the molecule is Cn1nc(-c2ccccc2)cc1C(=O)N1CCC(c2nnc(C(F)(F)F)o2)CC1. The van der Waals surface area contributed by atoms with Gasteiger partial charge >= 0.3 is 12.1 Å². The van der Waals surface area contributed by atoms with E-state index >= 15 is 0 Å². The second-order valence-electron chi connectivity index (χ2n) is 6.91. The van der Waals surface area contributed by atoms with Gasteiger partial charge in [0.2, 0.25) is 5.89 Å². The Morgan fingerprint density at radius 2 is 1.83 bits per heavy atom. The molecule has 29 heavy (non-hydrogen) atoms. The molecule has 2 aromatic heterocycles. The average Bonchev–Trinajstić information content (AvgIpc) is 3.35. The number of hydrogen-bond donors (Lipinski definition) is 0. The molecule has 4 rings (SSSR count). The zero-order chi connectivity index (χ0) is 20.6. The van der Waals surface area contributed by atoms with Crippen molar-refractivity contribution < 1.29 is 22.4 Å². The number of halogens is 3. The van der Waals surface area contributed by atoms with Crippen LogP contribution in [-0.2, 0) is 13.2 Å². The molecule has 152 valence electrons. The van der Waals surface area contributed by atoms with Gasteiger partial charge in [-0.15, -0.1) is 10.2 Å². The molecular weight excluding hydrogens is 387 g/mol. The molecule has 3 aromatic rings. The van der Waals surface area contributed by atoms with Crippen molar-refractivity contribution in [1.29, 1.82) is 0 Å². The number of benzene rings is 1. The minimum atomic E-state index is -4.65. The van der Waals surface area contributed by atoms with Crippen molar-refractivity contribution >= 4 is 5.91 Å². The largest absolute Gasteiger partial charge is 0.470 e. The Morgan fingerprint density at radius 3 is 2.45 bits per heavy atom. The molecule has 0 spiro atoms. The fraction of sp³-hybridized carbons (Fsp3) is 0.368. The first-order chi connectivity index (χ1) is 13.8. The Labute approximate surface area is 164 Å². The number of likely N-dealkylation sites (tertiary alicyclic amines) is 1. The van der Waals surface area contributed by atoms with Gasteiger partial charge in [0.15, 0.2) is 0 Å². The van der Waals surface area contributed by atoms with Crippen LogP contribution in [0.2, 0.25) is 0 Å². The first-order valence-corrected chi connectivity index (χ1v) is 9.12. The van der Waals surface area contributed by atoms with Crippen LogP contribution < -0.4 is 0 Å². The summed E-state index contributed by atoms with van der Waals surface area (Å²) < 4.78 is 44.2. The summed E-state index contributed by atoms with van der Waals surface area (Å²) in [6, 6.07) is 11.3. The first kappa shape index (κ1) is 19.2. The molecule has 3 heterocycles. The molecule has 1 aliphatic heterocycles. The highest BCUT2D eigenvalue weighted by Gasteiger charge is 2.39. The van der Waals surface area contributed by atoms with E-state index in [9.17, 15) is 18.0 Å². The fourth-order valence-corrected chi connectivity index (χ4v) is 3.42. The quantitative estimate of drug-likeness (QED) is 0.667. The van der Waals surface area contributed by atoms with E-state index in [2.05, 4.69) is 15.3 Å². The van der Waals surface area contributed by atoms with Gasteiger partial charge in [0.05, 0.1) is 5.69 Å². The van der Waals surface area contributed by atoms with Crippen molar-refractivity contribution in [3.8, 4) is 11.3 Å². The molecule has 0 atom stereocenters. The van der Waals surface area contributed by atoms with E-state index in [1.54, 1.807) is 22.7 Å². The van der Waals surface area contributed by atoms with Gasteiger partial charge in [-0.3, -0.25) is 9.48 Å². The summed E-state index contributed by atoms with van der Waals surface area (Å²) in [4.78, 5) is 14.6. The molecule has 1 saturated heterocycles. The van der Waals surface area contributed by atoms with E-state index in [0.717, 1.165) is 5.56 Å². The summed E-state index contributed by atoms with van der Waals surface area (Å²) >= 11 is 0. The standard InChI is InChI=1S/C19H18F3N5O2/c1-26-15(11-14(25-26)12-5-3-2-4-6-12)17(28)27-9-7-13(8-10-27)16-23-24-18(29-16)19(20,21)22/h2-6,11,13H,7-10H2,1H3. The van der Waals surface area contributed by atoms with Crippen LogP contribution in [0.25, 0.3) is 11.3 Å². The second-order valence-corrected chi connectivity index (χ2v) is 6.91. The van der Waals surface area contributed by atoms with Crippen molar-refractivity contribution in [2.24, 2.45) is 7.05 Å². The Morgan fingerprint density at radius 1 is 1.14 bits per heavy atom. The van der Waals surface area contributed by atoms with Gasteiger partial charge < -0.3 is 9.32 Å². The van der Waals surface area contributed by atoms with E-state index < -0.39 is 12.1 Å². The molecule has 1 aliphatic rings. The van der Waals surface area contributed by atoms with Crippen molar-refractivity contribution in [2.75, 3.05) is 13.1 Å². The number of amides is 1. The predicted molar refractivity (Wildman–Crippen MR) is 95.8 cm³/mol. The molecule has 0 saturated carbocycles. The van der Waals surface area contributed by atoms with Gasteiger partial charge in [-0.1, -0.05) is 30.3 Å². The maximum atomic E-state index is 12.9. The topological polar surface area (TPSA) is 77.1 Å². The molecule has 0 unspecified atom stereocenters. The number of rotatable bonds is 3. The maximum Gasteiger partial charge on any atom is 0.470 e. The highest BCUT2D eigenvalue weighted by Crippen LogP contribution is 2.33. The van der Waals surface area contributed by atoms with Crippen LogP contribution >= 0.6 is 0 Å². The predicted octanol–water partition coefficient (Wildman–Crippen LogP) is 3.51. The molecule has 10 heteroatoms. The molecular formula is C19H18F3N5O2. The van der Waals surface area contributed by atoms with Crippen LogP contribution in [0.5, 0.6) is 0 Å². The number of hydrogen-bond acceptors (Lipinski definition) is 5. The number of piperidine rings is 1. The van der Waals surface area contributed by atoms with Crippen LogP contribution in [0.1, 0.15) is 41.0 Å². The lowest BCUT2D eigenvalue weighted by atomic mass is 9.96. The number of alkyl halides is 3. The van der Waals surface area contributed by atoms with E-state index in [4.69, 9.17) is 4.42 Å². The van der Waals surface area contributed by atoms with Gasteiger partial charge in [-0.2, -0.15) is 18.3 Å². The van der Waals surface area contributed by atoms with Gasteiger partial charge in [0, 0.05) is 31.6 Å². The number of aromatic nitrogens is 4. The maximum absolute atomic E-state index is 12.9. The van der Waals surface area contributed by atoms with E-state index in [1.807, 2.05) is 30.3 Å². The highest BCUT2D eigenvalue weighted by molar-refractivity contribution is 5.93. The Kier molecular flexibility index (Phi) is 4.85. The van der Waals surface area contributed by atoms with Crippen molar-refractivity contribution in [1.82, 2.24) is 24.9 Å². The van der Waals surface area contributed by atoms with Crippen molar-refractivity contribution in [3.63, 3.8) is 0 Å². The molecule has 0 N–H and O–H groups in total. The molecule has 0 aliphatic carbocycles. The van der Waals surface area contributed by atoms with E-state index in [-0.39, 0.29) is 17.7 Å². The van der Waals surface area contributed by atoms with Crippen LogP contribution in [0, 0.1) is 0 Å². The van der Waals surface area contributed by atoms with Crippen LogP contribution in [0.4, 0.5) is 13.2 Å². The molecule has 1 amide bonds. The Balaban J connectivity index is 1.43. The minimum Gasteiger partial charge on any atom is -0.417 e. The van der Waals surface area contributed by atoms with Gasteiger partial charge in [-0.05, 0) is 18.9 Å². The lowest BCUT2D eigenvalue weighted by Gasteiger charge is -2.30. The van der Waals surface area contributed by atoms with Crippen molar-refractivity contribution in [2.45, 2.75) is 24.9 Å². The first-order valence-electron chi connectivity index (χ1n) is 9.12. The third-order valence-corrected chi connectivity index (χ3v) is 4.98. The molecule has 7 nitrogen and oxygen atoms in total. The summed E-state index contributed by atoms with van der Waals surface area (Å²) in [5.41, 5.74) is 2.08. The third-order valence-electron chi connectivity index (χ3n) is 4.98. The van der Waals surface area contributed by atoms with Gasteiger partial charge in [0.1, 0.15) is 5.69 Å². The molecule has 1 fully saturated rings. The summed E-state index contributed by atoms with van der Waals surface area (Å²) in [6.45, 7) is 0.776. The fourth-order valence-electron chi connectivity index (χ4n) is 3.42. The smallest absolute Gasteiger partial charge is 0.417 e. The van der Waals surface area contributed by atoms with E-state index in [0.29, 0.717) is 37.3 Å². The van der Waals surface area contributed by atoms with E-state index in [1.165, 1.54) is 0 Å². The summed E-state index contributed by atoms with van der Waals surface area (Å²) in [7, 11) is 1.71. The number of carbonyl (C=O) groups excluding carboxylic acids is 1. The lowest BCUT2D eigenvalue weighted by Crippen LogP contribution is -2.38. The van der Waals surface area contributed by atoms with Crippen LogP contribution in [0.3, 0.4) is 0 Å². The number of nitrogens with zero attached hydrogens (tertiary/aromatic N) is 5. The zero-order valence-electron chi connectivity index (χ0n) is 15.6. The zero-order valence-corrected chi connectivity index (χ0v) is 15.6. The summed E-state index contributed by atoms with van der Waals surface area (Å²) in [5.74, 6) is -1.83. The molecule has 0 bridgehead atoms. The summed E-state index contributed by atoms with van der Waals surface area (Å²) in [5, 5.41) is 11.0. The Hall–Kier alpha value is -3.17. The molecule has 0 radical (unpaired) electrons. The summed E-state index contributed by atoms with van der Waals surface area (Å²) in [6.07, 6.45) is -3.75. The van der Waals surface area contributed by atoms with Crippen LogP contribution in [0.15, 0.2) is 40.8 Å².